The van der Waals surface area contributed by atoms with Crippen LogP contribution >= 0.6 is 22.6 Å². The van der Waals surface area contributed by atoms with Crippen LogP contribution < -0.4 is 0 Å². The van der Waals surface area contributed by atoms with Crippen LogP contribution in [0.25, 0.3) is 0 Å². The maximum absolute atomic E-state index is 5.83. The first-order valence-corrected chi connectivity index (χ1v) is 8.84. The van der Waals surface area contributed by atoms with Crippen LogP contribution in [0.5, 0.6) is 0 Å². The minimum Gasteiger partial charge on any atom is -0.394 e. The van der Waals surface area contributed by atoms with Crippen LogP contribution in [0, 0.1) is 0 Å². The molecule has 0 spiro atoms. The molecule has 2 nitrogen and oxygen atoms in total. The highest BCUT2D eigenvalue weighted by atomic mass is 127. The molecule has 0 aliphatic rings. The first-order valence-electron chi connectivity index (χ1n) is 5.08. The Morgan fingerprint density at radius 3 is 1.92 bits per heavy atom. The van der Waals surface area contributed by atoms with Gasteiger partial charge in [-0.15, -0.1) is 0 Å². The van der Waals surface area contributed by atoms with Crippen molar-refractivity contribution in [2.75, 3.05) is 17.3 Å². The van der Waals surface area contributed by atoms with E-state index in [-0.39, 0.29) is 0 Å². The molecule has 0 unspecified atom stereocenters. The second kappa shape index (κ2) is 8.20. The van der Waals surface area contributed by atoms with Crippen LogP contribution in [0.4, 0.5) is 0 Å². The normalized spacial score (nSPS) is 12.0. The molecular formula is C9H21IO2Si. The zero-order valence-corrected chi connectivity index (χ0v) is 12.1. The van der Waals surface area contributed by atoms with Gasteiger partial charge in [-0.05, 0) is 19.9 Å². The summed E-state index contributed by atoms with van der Waals surface area (Å²) in [5.74, 6) is 0. The van der Waals surface area contributed by atoms with Crippen molar-refractivity contribution in [3.8, 4) is 0 Å². The number of alkyl halides is 1. The molecule has 0 rings (SSSR count). The van der Waals surface area contributed by atoms with E-state index in [2.05, 4.69) is 43.4 Å². The Hall–Kier alpha value is 0.867. The summed E-state index contributed by atoms with van der Waals surface area (Å²) in [6.07, 6.45) is 2.46. The lowest BCUT2D eigenvalue weighted by Crippen LogP contribution is -2.44. The van der Waals surface area contributed by atoms with Crippen molar-refractivity contribution in [1.29, 1.82) is 0 Å². The van der Waals surface area contributed by atoms with Crippen LogP contribution in [-0.4, -0.2) is 25.8 Å². The van der Waals surface area contributed by atoms with Gasteiger partial charge in [0.05, 0.1) is 0 Å². The summed E-state index contributed by atoms with van der Waals surface area (Å²) in [6.45, 7) is 7.90. The fraction of sp³-hybridized carbons (Fsp3) is 1.00. The number of hydrogen-bond donors (Lipinski definition) is 0. The number of hydrogen-bond acceptors (Lipinski definition) is 2. The summed E-state index contributed by atoms with van der Waals surface area (Å²) >= 11 is 2.40. The van der Waals surface area contributed by atoms with Crippen molar-refractivity contribution in [3.05, 3.63) is 0 Å². The van der Waals surface area contributed by atoms with Crippen molar-refractivity contribution in [2.45, 2.75) is 39.7 Å². The number of rotatable bonds is 8. The molecule has 80 valence electrons. The van der Waals surface area contributed by atoms with E-state index in [9.17, 15) is 0 Å². The summed E-state index contributed by atoms with van der Waals surface area (Å²) in [4.78, 5) is 0. The van der Waals surface area contributed by atoms with Crippen molar-refractivity contribution >= 4 is 31.2 Å². The third-order valence-electron chi connectivity index (χ3n) is 1.93. The van der Waals surface area contributed by atoms with Crippen LogP contribution in [0.2, 0.25) is 6.04 Å². The van der Waals surface area contributed by atoms with Crippen LogP contribution in [0.3, 0.4) is 0 Å². The standard InChI is InChI=1S/C9H21IO2Si/c1-4-7-8-13(9-10,11-5-2)12-6-3/h4-9H2,1-3H3. The van der Waals surface area contributed by atoms with Gasteiger partial charge in [-0.1, -0.05) is 42.4 Å². The molecule has 0 saturated carbocycles. The zero-order chi connectivity index (χ0) is 10.2. The average Bonchev–Trinajstić information content (AvgIpc) is 2.15. The van der Waals surface area contributed by atoms with E-state index in [4.69, 9.17) is 8.85 Å². The molecule has 0 aromatic heterocycles. The highest BCUT2D eigenvalue weighted by molar-refractivity contribution is 14.1. The lowest BCUT2D eigenvalue weighted by Gasteiger charge is -2.27. The van der Waals surface area contributed by atoms with Crippen molar-refractivity contribution in [1.82, 2.24) is 0 Å². The van der Waals surface area contributed by atoms with E-state index in [0.29, 0.717) is 0 Å². The molecule has 0 aromatic rings. The first-order chi connectivity index (χ1) is 6.24. The van der Waals surface area contributed by atoms with Gasteiger partial charge in [-0.3, -0.25) is 0 Å². The molecule has 0 fully saturated rings. The third-order valence-corrected chi connectivity index (χ3v) is 8.57. The third kappa shape index (κ3) is 5.34. The quantitative estimate of drug-likeness (QED) is 0.389. The topological polar surface area (TPSA) is 18.5 Å². The molecule has 0 amide bonds. The summed E-state index contributed by atoms with van der Waals surface area (Å²) in [6, 6.07) is 1.15. The van der Waals surface area contributed by atoms with Gasteiger partial charge in [-0.2, -0.15) is 0 Å². The maximum Gasteiger partial charge on any atom is 0.348 e. The Morgan fingerprint density at radius 1 is 1.08 bits per heavy atom. The van der Waals surface area contributed by atoms with Crippen LogP contribution in [-0.2, 0) is 8.85 Å². The minimum absolute atomic E-state index is 0.791. The Balaban J connectivity index is 4.07. The molecule has 0 bridgehead atoms. The predicted molar refractivity (Wildman–Crippen MR) is 67.6 cm³/mol. The Labute approximate surface area is 96.8 Å². The molecule has 4 heteroatoms. The second-order valence-corrected chi connectivity index (χ2v) is 8.47. The fourth-order valence-corrected chi connectivity index (χ4v) is 6.37. The highest BCUT2D eigenvalue weighted by Gasteiger charge is 2.34. The average molecular weight is 316 g/mol. The van der Waals surface area contributed by atoms with Crippen molar-refractivity contribution in [2.24, 2.45) is 0 Å². The van der Waals surface area contributed by atoms with E-state index < -0.39 is 8.56 Å². The van der Waals surface area contributed by atoms with E-state index in [1.54, 1.807) is 0 Å². The second-order valence-electron chi connectivity index (χ2n) is 3.01. The molecule has 0 aliphatic heterocycles. The van der Waals surface area contributed by atoms with Crippen molar-refractivity contribution < 1.29 is 8.85 Å². The van der Waals surface area contributed by atoms with Crippen LogP contribution in [0.15, 0.2) is 0 Å². The lowest BCUT2D eigenvalue weighted by molar-refractivity contribution is 0.188. The largest absolute Gasteiger partial charge is 0.394 e. The molecule has 0 atom stereocenters. The SMILES string of the molecule is CCCC[Si](CI)(OCC)OCC. The first kappa shape index (κ1) is 13.9. The van der Waals surface area contributed by atoms with Gasteiger partial charge < -0.3 is 8.85 Å². The van der Waals surface area contributed by atoms with E-state index >= 15 is 0 Å². The molecule has 13 heavy (non-hydrogen) atoms. The van der Waals surface area contributed by atoms with Gasteiger partial charge >= 0.3 is 8.56 Å². The molecule has 0 aromatic carbocycles. The molecule has 0 radical (unpaired) electrons. The molecule has 0 heterocycles. The molecule has 0 aliphatic carbocycles. The van der Waals surface area contributed by atoms with Gasteiger partial charge in [0.25, 0.3) is 0 Å². The molecular weight excluding hydrogens is 295 g/mol. The monoisotopic (exact) mass is 316 g/mol. The molecule has 0 saturated heterocycles. The summed E-state index contributed by atoms with van der Waals surface area (Å²) in [5, 5.41) is 0. The van der Waals surface area contributed by atoms with E-state index in [0.717, 1.165) is 23.3 Å². The smallest absolute Gasteiger partial charge is 0.348 e. The minimum atomic E-state index is -1.80. The number of unbranched alkanes of at least 4 members (excludes halogenated alkanes) is 1. The fourth-order valence-electron chi connectivity index (χ4n) is 1.30. The maximum atomic E-state index is 5.83. The molecule has 0 N–H and O–H groups in total. The van der Waals surface area contributed by atoms with E-state index in [1.165, 1.54) is 12.8 Å². The number of halogens is 1. The van der Waals surface area contributed by atoms with Gasteiger partial charge in [-0.25, -0.2) is 0 Å². The van der Waals surface area contributed by atoms with Crippen molar-refractivity contribution in [3.63, 3.8) is 0 Å². The van der Waals surface area contributed by atoms with Gasteiger partial charge in [0, 0.05) is 17.3 Å². The van der Waals surface area contributed by atoms with Crippen LogP contribution in [0.1, 0.15) is 33.6 Å². The summed E-state index contributed by atoms with van der Waals surface area (Å²) in [7, 11) is -1.80. The Morgan fingerprint density at radius 2 is 1.62 bits per heavy atom. The van der Waals surface area contributed by atoms with E-state index in [1.807, 2.05) is 0 Å². The van der Waals surface area contributed by atoms with Gasteiger partial charge in [0.1, 0.15) is 0 Å². The van der Waals surface area contributed by atoms with Gasteiger partial charge in [0.2, 0.25) is 0 Å². The summed E-state index contributed by atoms with van der Waals surface area (Å²) in [5.41, 5.74) is 0. The predicted octanol–water partition coefficient (Wildman–Crippen LogP) is 3.28. The Bertz CT molecular complexity index is 116. The lowest BCUT2D eigenvalue weighted by atomic mass is 10.4. The Kier molecular flexibility index (Phi) is 8.74. The highest BCUT2D eigenvalue weighted by Crippen LogP contribution is 2.19. The van der Waals surface area contributed by atoms with Gasteiger partial charge in [0.15, 0.2) is 0 Å². The zero-order valence-electron chi connectivity index (χ0n) is 8.94. The summed E-state index contributed by atoms with van der Waals surface area (Å²) < 4.78 is 12.7.